The summed E-state index contributed by atoms with van der Waals surface area (Å²) in [6, 6.07) is 0. The van der Waals surface area contributed by atoms with Crippen molar-refractivity contribution in [2.45, 2.75) is 0 Å². The Kier molecular flexibility index (Phi) is 4.39. The zero-order valence-corrected chi connectivity index (χ0v) is 4.71. The summed E-state index contributed by atoms with van der Waals surface area (Å²) in [4.78, 5) is 7.52. The third-order valence-electron chi connectivity index (χ3n) is 0.385. The molecule has 0 aromatic rings. The molecule has 0 aromatic heterocycles. The summed E-state index contributed by atoms with van der Waals surface area (Å²) in [6.07, 6.45) is 0. The summed E-state index contributed by atoms with van der Waals surface area (Å²) in [5.74, 6) is 4.35. The van der Waals surface area contributed by atoms with Crippen LogP contribution < -0.4 is 22.0 Å². The lowest BCUT2D eigenvalue weighted by Crippen LogP contribution is -3.19. The van der Waals surface area contributed by atoms with Gasteiger partial charge in [-0.3, -0.25) is 0 Å². The Morgan fingerprint density at radius 2 is 2.11 bits per heavy atom. The van der Waals surface area contributed by atoms with Crippen molar-refractivity contribution in [2.24, 2.45) is 5.90 Å². The van der Waals surface area contributed by atoms with Gasteiger partial charge in [-0.25, -0.2) is 5.23 Å². The van der Waals surface area contributed by atoms with Crippen molar-refractivity contribution in [3.05, 3.63) is 10.4 Å². The first-order chi connectivity index (χ1) is 4.16. The number of hydroxylamine groups is 2. The number of hydrogen-bond acceptors (Lipinski definition) is 6. The number of nitrogens with one attached hydrogen (secondary N) is 3. The third-order valence-corrected chi connectivity index (χ3v) is 0.385. The van der Waals surface area contributed by atoms with Gasteiger partial charge in [-0.1, -0.05) is 15.2 Å². The minimum absolute atomic E-state index is 0.652. The molecule has 0 heterocycles. The lowest BCUT2D eigenvalue weighted by Gasteiger charge is -2.17. The van der Waals surface area contributed by atoms with Gasteiger partial charge in [0.15, 0.2) is 0 Å². The summed E-state index contributed by atoms with van der Waals surface area (Å²) < 4.78 is 0. The highest BCUT2D eigenvalue weighted by molar-refractivity contribution is 3.83. The van der Waals surface area contributed by atoms with Crippen molar-refractivity contribution in [1.82, 2.24) is 5.59 Å². The van der Waals surface area contributed by atoms with E-state index in [4.69, 9.17) is 0 Å². The fourth-order valence-corrected chi connectivity index (χ4v) is 0.138. The molecule has 0 radical (unpaired) electrons. The number of rotatable bonds is 4. The van der Waals surface area contributed by atoms with Gasteiger partial charge in [0, 0.05) is 5.59 Å². The van der Waals surface area contributed by atoms with Crippen LogP contribution in [-0.2, 0) is 9.88 Å². The van der Waals surface area contributed by atoms with Crippen LogP contribution in [0.25, 0.3) is 0 Å². The maximum absolute atomic E-state index is 9.98. The van der Waals surface area contributed by atoms with Gasteiger partial charge in [0.1, 0.15) is 0 Å². The molecule has 0 saturated heterocycles. The van der Waals surface area contributed by atoms with Gasteiger partial charge in [-0.2, -0.15) is 5.90 Å². The molecule has 0 rings (SSSR count). The average molecular weight is 140 g/mol. The molecule has 8 nitrogen and oxygen atoms in total. The van der Waals surface area contributed by atoms with E-state index >= 15 is 0 Å². The molecule has 0 aromatic carbocycles. The van der Waals surface area contributed by atoms with Gasteiger partial charge in [-0.15, -0.1) is 0 Å². The molecular formula is CH8N4O4. The predicted octanol–water partition coefficient (Wildman–Crippen LogP) is -4.46. The summed E-state index contributed by atoms with van der Waals surface area (Å²) >= 11 is 0. The summed E-state index contributed by atoms with van der Waals surface area (Å²) in [6.45, 7) is 0. The zero-order valence-electron chi connectivity index (χ0n) is 4.71. The van der Waals surface area contributed by atoms with Crippen molar-refractivity contribution >= 4 is 0 Å². The van der Waals surface area contributed by atoms with Crippen LogP contribution in [0.1, 0.15) is 0 Å². The fourth-order valence-electron chi connectivity index (χ4n) is 0.138. The molecule has 0 fully saturated rings. The predicted molar refractivity (Wildman–Crippen MR) is 24.1 cm³/mol. The van der Waals surface area contributed by atoms with Crippen molar-refractivity contribution in [3.63, 3.8) is 0 Å². The van der Waals surface area contributed by atoms with Crippen LogP contribution in [0.15, 0.2) is 0 Å². The van der Waals surface area contributed by atoms with Gasteiger partial charge >= 0.3 is 0 Å². The first kappa shape index (κ1) is 8.68. The normalized spacial score (nSPS) is 17.3. The van der Waals surface area contributed by atoms with Crippen molar-refractivity contribution in [2.75, 3.05) is 7.05 Å². The monoisotopic (exact) mass is 140 g/mol. The summed E-state index contributed by atoms with van der Waals surface area (Å²) in [7, 11) is 1.12. The second-order valence-corrected chi connectivity index (χ2v) is 1.10. The molecule has 0 aliphatic rings. The molecule has 2 atom stereocenters. The van der Waals surface area contributed by atoms with Crippen LogP contribution in [0.4, 0.5) is 0 Å². The molecule has 2 unspecified atom stereocenters. The molecule has 0 bridgehead atoms. The SMILES string of the molecule is C[NH+]([O-])ON[NH+]([O-])ON. The number of nitrogens with two attached hydrogens (primary N) is 1. The van der Waals surface area contributed by atoms with E-state index in [1.807, 2.05) is 0 Å². The summed E-state index contributed by atoms with van der Waals surface area (Å²) in [5.41, 5.74) is 1.60. The van der Waals surface area contributed by atoms with Crippen molar-refractivity contribution in [1.29, 1.82) is 0 Å². The Morgan fingerprint density at radius 3 is 2.44 bits per heavy atom. The van der Waals surface area contributed by atoms with Gasteiger partial charge in [0.25, 0.3) is 0 Å². The molecule has 0 aliphatic carbocycles. The van der Waals surface area contributed by atoms with E-state index in [1.54, 1.807) is 5.59 Å². The number of hydrogen-bond donors (Lipinski definition) is 4. The molecule has 0 saturated carbocycles. The smallest absolute Gasteiger partial charge is 0.0984 e. The maximum atomic E-state index is 9.98. The van der Waals surface area contributed by atoms with Crippen molar-refractivity contribution in [3.8, 4) is 0 Å². The third kappa shape index (κ3) is 5.55. The summed E-state index contributed by atoms with van der Waals surface area (Å²) in [5, 5.41) is 18.2. The Balaban J connectivity index is 3.06. The Labute approximate surface area is 50.7 Å². The molecular weight excluding hydrogens is 132 g/mol. The van der Waals surface area contributed by atoms with Crippen LogP contribution in [0.2, 0.25) is 0 Å². The first-order valence-corrected chi connectivity index (χ1v) is 2.01. The molecule has 5 N–H and O–H groups in total. The van der Waals surface area contributed by atoms with E-state index in [0.717, 1.165) is 7.05 Å². The van der Waals surface area contributed by atoms with Crippen LogP contribution in [0, 0.1) is 10.4 Å². The van der Waals surface area contributed by atoms with Crippen molar-refractivity contribution < 1.29 is 20.4 Å². The van der Waals surface area contributed by atoms with Gasteiger partial charge in [0.05, 0.1) is 7.05 Å². The van der Waals surface area contributed by atoms with E-state index in [-0.39, 0.29) is 0 Å². The lowest BCUT2D eigenvalue weighted by atomic mass is 11.5. The van der Waals surface area contributed by atoms with Crippen LogP contribution in [0.5, 0.6) is 0 Å². The Morgan fingerprint density at radius 1 is 1.56 bits per heavy atom. The van der Waals surface area contributed by atoms with E-state index in [2.05, 4.69) is 15.8 Å². The molecule has 56 valence electrons. The molecule has 0 spiro atoms. The number of quaternary nitrogens is 2. The van der Waals surface area contributed by atoms with Crippen LogP contribution >= 0.6 is 0 Å². The fraction of sp³-hybridized carbons (Fsp3) is 1.00. The first-order valence-electron chi connectivity index (χ1n) is 2.01. The highest BCUT2D eigenvalue weighted by Gasteiger charge is 1.94. The molecule has 9 heavy (non-hydrogen) atoms. The second kappa shape index (κ2) is 4.55. The van der Waals surface area contributed by atoms with E-state index in [1.165, 1.54) is 0 Å². The van der Waals surface area contributed by atoms with E-state index in [0.29, 0.717) is 0 Å². The van der Waals surface area contributed by atoms with Gasteiger partial charge in [-0.05, 0) is 0 Å². The second-order valence-electron chi connectivity index (χ2n) is 1.10. The molecule has 0 aliphatic heterocycles. The zero-order chi connectivity index (χ0) is 7.28. The maximum Gasteiger partial charge on any atom is 0.0984 e. The largest absolute Gasteiger partial charge is 0.598 e. The minimum Gasteiger partial charge on any atom is -0.598 e. The highest BCUT2D eigenvalue weighted by atomic mass is 17.1. The molecule has 0 amide bonds. The highest BCUT2D eigenvalue weighted by Crippen LogP contribution is 1.29. The quantitative estimate of drug-likeness (QED) is 0.293. The topological polar surface area (TPSA) is 112 Å². The van der Waals surface area contributed by atoms with Crippen LogP contribution in [-0.4, -0.2) is 7.05 Å². The van der Waals surface area contributed by atoms with Gasteiger partial charge < -0.3 is 10.4 Å². The average Bonchev–Trinajstić information content (AvgIpc) is 1.83. The van der Waals surface area contributed by atoms with Gasteiger partial charge in [0.2, 0.25) is 0 Å². The van der Waals surface area contributed by atoms with E-state index < -0.39 is 10.6 Å². The standard InChI is InChI=1S/CH8N4O4/c1-4(6)9-3-5(7)8-2/h3-5H,2H2,1H3. The molecule has 8 heteroatoms. The minimum atomic E-state index is -1.02. The lowest BCUT2D eigenvalue weighted by molar-refractivity contribution is -1.18. The Hall–Kier alpha value is -0.320. The van der Waals surface area contributed by atoms with E-state index in [9.17, 15) is 10.4 Å². The Bertz CT molecular complexity index is 67.6. The van der Waals surface area contributed by atoms with Crippen LogP contribution in [0.3, 0.4) is 0 Å².